The van der Waals surface area contributed by atoms with Crippen LogP contribution in [0.4, 0.5) is 5.82 Å². The molecule has 2 aliphatic rings. The fourth-order valence-corrected chi connectivity index (χ4v) is 4.99. The number of carbonyl (C=O) groups is 1. The zero-order valence-electron chi connectivity index (χ0n) is 18.7. The van der Waals surface area contributed by atoms with Crippen LogP contribution in [0.3, 0.4) is 0 Å². The minimum atomic E-state index is -0.0445. The molecule has 0 N–H and O–H groups in total. The summed E-state index contributed by atoms with van der Waals surface area (Å²) in [5.41, 5.74) is 4.55. The van der Waals surface area contributed by atoms with Crippen molar-refractivity contribution < 1.29 is 4.79 Å². The number of fused-ring (bicyclic) bond motifs is 1. The van der Waals surface area contributed by atoms with Crippen molar-refractivity contribution in [2.45, 2.75) is 45.6 Å². The van der Waals surface area contributed by atoms with E-state index < -0.39 is 0 Å². The summed E-state index contributed by atoms with van der Waals surface area (Å²) in [4.78, 5) is 22.4. The minimum Gasteiger partial charge on any atom is -0.355 e. The maximum absolute atomic E-state index is 13.3. The highest BCUT2D eigenvalue weighted by atomic mass is 16.2. The number of benzene rings is 1. The molecule has 0 bridgehead atoms. The maximum atomic E-state index is 13.3. The summed E-state index contributed by atoms with van der Waals surface area (Å²) in [6.45, 7) is 6.37. The van der Waals surface area contributed by atoms with Crippen LogP contribution in [0.1, 0.15) is 58.9 Å². The number of aryl methyl sites for hydroxylation is 2. The van der Waals surface area contributed by atoms with Crippen molar-refractivity contribution in [1.29, 1.82) is 5.26 Å². The Balaban J connectivity index is 1.46. The molecule has 2 fully saturated rings. The van der Waals surface area contributed by atoms with E-state index in [1.807, 2.05) is 59.8 Å². The molecule has 7 nitrogen and oxygen atoms in total. The molecule has 0 spiro atoms. The molecule has 4 heterocycles. The Labute approximate surface area is 188 Å². The van der Waals surface area contributed by atoms with Crippen LogP contribution in [0.2, 0.25) is 0 Å². The molecule has 1 amide bonds. The van der Waals surface area contributed by atoms with Gasteiger partial charge in [-0.1, -0.05) is 17.7 Å². The van der Waals surface area contributed by atoms with E-state index in [1.165, 1.54) is 0 Å². The average Bonchev–Trinajstić information content (AvgIpc) is 3.44. The number of likely N-dealkylation sites (tertiary alicyclic amines) is 1. The molecule has 0 radical (unpaired) electrons. The van der Waals surface area contributed by atoms with Gasteiger partial charge in [0.2, 0.25) is 0 Å². The third kappa shape index (κ3) is 3.70. The van der Waals surface area contributed by atoms with E-state index in [2.05, 4.69) is 11.0 Å². The number of carbonyl (C=O) groups excluding carboxylic acids is 1. The van der Waals surface area contributed by atoms with E-state index in [4.69, 9.17) is 10.1 Å². The number of hydrogen-bond donors (Lipinski definition) is 0. The first-order valence-corrected chi connectivity index (χ1v) is 11.4. The number of nitriles is 1. The molecule has 164 valence electrons. The Bertz CT molecular complexity index is 1210. The SMILES string of the molecule is Cc1cccc(C(=O)N2CCCCC2c2cc3nc(N4CCC(C#N)C4)c(C)cn3n2)c1. The van der Waals surface area contributed by atoms with Crippen LogP contribution < -0.4 is 4.90 Å². The van der Waals surface area contributed by atoms with E-state index in [9.17, 15) is 10.1 Å². The smallest absolute Gasteiger partial charge is 0.254 e. The topological polar surface area (TPSA) is 77.5 Å². The number of rotatable bonds is 3. The maximum Gasteiger partial charge on any atom is 0.254 e. The zero-order valence-corrected chi connectivity index (χ0v) is 18.7. The van der Waals surface area contributed by atoms with Gasteiger partial charge in [0.15, 0.2) is 5.65 Å². The van der Waals surface area contributed by atoms with Crippen molar-refractivity contribution in [3.8, 4) is 6.07 Å². The van der Waals surface area contributed by atoms with Crippen LogP contribution in [-0.4, -0.2) is 45.0 Å². The molecule has 2 saturated heterocycles. The molecular weight excluding hydrogens is 400 g/mol. The fraction of sp³-hybridized carbons (Fsp3) is 0.440. The Morgan fingerprint density at radius 1 is 1.16 bits per heavy atom. The molecule has 5 rings (SSSR count). The zero-order chi connectivity index (χ0) is 22.2. The van der Waals surface area contributed by atoms with Crippen LogP contribution in [-0.2, 0) is 0 Å². The van der Waals surface area contributed by atoms with Crippen LogP contribution in [0.25, 0.3) is 5.65 Å². The van der Waals surface area contributed by atoms with Gasteiger partial charge in [0, 0.05) is 43.0 Å². The van der Waals surface area contributed by atoms with E-state index in [0.29, 0.717) is 0 Å². The monoisotopic (exact) mass is 428 g/mol. The standard InChI is InChI=1S/C25H28N6O/c1-17-6-5-7-20(12-17)25(32)30-10-4-3-8-22(30)21-13-23-27-24(18(2)15-31(23)28-21)29-11-9-19(14-26)16-29/h5-7,12-13,15,19,22H,3-4,8-11,16H2,1-2H3. The quantitative estimate of drug-likeness (QED) is 0.629. The second-order valence-electron chi connectivity index (χ2n) is 9.06. The van der Waals surface area contributed by atoms with Gasteiger partial charge in [-0.2, -0.15) is 10.4 Å². The van der Waals surface area contributed by atoms with Crippen LogP contribution in [0, 0.1) is 31.1 Å². The Morgan fingerprint density at radius 3 is 2.81 bits per heavy atom. The van der Waals surface area contributed by atoms with Gasteiger partial charge in [0.1, 0.15) is 5.82 Å². The lowest BCUT2D eigenvalue weighted by Gasteiger charge is -2.34. The predicted molar refractivity (Wildman–Crippen MR) is 122 cm³/mol. The lowest BCUT2D eigenvalue weighted by Crippen LogP contribution is -2.38. The molecule has 3 aromatic rings. The van der Waals surface area contributed by atoms with Crippen molar-refractivity contribution in [2.75, 3.05) is 24.5 Å². The van der Waals surface area contributed by atoms with Gasteiger partial charge in [-0.05, 0) is 51.7 Å². The molecule has 2 atom stereocenters. The Hall–Kier alpha value is -3.40. The molecule has 2 unspecified atom stereocenters. The molecule has 2 aromatic heterocycles. The van der Waals surface area contributed by atoms with E-state index >= 15 is 0 Å². The van der Waals surface area contributed by atoms with Gasteiger partial charge in [0.05, 0.1) is 23.7 Å². The van der Waals surface area contributed by atoms with E-state index in [-0.39, 0.29) is 17.9 Å². The summed E-state index contributed by atoms with van der Waals surface area (Å²) in [5.74, 6) is 1.06. The van der Waals surface area contributed by atoms with Crippen LogP contribution in [0.15, 0.2) is 36.5 Å². The largest absolute Gasteiger partial charge is 0.355 e. The van der Waals surface area contributed by atoms with Crippen molar-refractivity contribution in [1.82, 2.24) is 19.5 Å². The van der Waals surface area contributed by atoms with Gasteiger partial charge in [-0.3, -0.25) is 4.79 Å². The highest BCUT2D eigenvalue weighted by molar-refractivity contribution is 5.94. The summed E-state index contributed by atoms with van der Waals surface area (Å²) in [5, 5.41) is 14.1. The second kappa shape index (κ2) is 8.27. The lowest BCUT2D eigenvalue weighted by atomic mass is 9.98. The molecule has 2 aliphatic heterocycles. The summed E-state index contributed by atoms with van der Waals surface area (Å²) >= 11 is 0. The van der Waals surface area contributed by atoms with E-state index in [0.717, 1.165) is 79.2 Å². The van der Waals surface area contributed by atoms with Crippen molar-refractivity contribution in [2.24, 2.45) is 5.92 Å². The highest BCUT2D eigenvalue weighted by Gasteiger charge is 2.31. The normalized spacial score (nSPS) is 21.2. The number of hydrogen-bond acceptors (Lipinski definition) is 5. The highest BCUT2D eigenvalue weighted by Crippen LogP contribution is 2.33. The number of piperidine rings is 1. The van der Waals surface area contributed by atoms with Crippen molar-refractivity contribution in [3.05, 3.63) is 58.9 Å². The van der Waals surface area contributed by atoms with Gasteiger partial charge in [-0.25, -0.2) is 9.50 Å². The van der Waals surface area contributed by atoms with Gasteiger partial charge in [0.25, 0.3) is 5.91 Å². The summed E-state index contributed by atoms with van der Waals surface area (Å²) in [6, 6.07) is 12.2. The lowest BCUT2D eigenvalue weighted by molar-refractivity contribution is 0.0605. The molecule has 0 saturated carbocycles. The van der Waals surface area contributed by atoms with Crippen LogP contribution >= 0.6 is 0 Å². The molecule has 1 aromatic carbocycles. The predicted octanol–water partition coefficient (Wildman–Crippen LogP) is 4.06. The summed E-state index contributed by atoms with van der Waals surface area (Å²) < 4.78 is 1.83. The van der Waals surface area contributed by atoms with Crippen molar-refractivity contribution >= 4 is 17.4 Å². The first-order chi connectivity index (χ1) is 15.5. The Morgan fingerprint density at radius 2 is 2.03 bits per heavy atom. The third-order valence-corrected chi connectivity index (χ3v) is 6.66. The molecule has 7 heteroatoms. The van der Waals surface area contributed by atoms with E-state index in [1.54, 1.807) is 0 Å². The average molecular weight is 429 g/mol. The van der Waals surface area contributed by atoms with Crippen molar-refractivity contribution in [3.63, 3.8) is 0 Å². The fourth-order valence-electron chi connectivity index (χ4n) is 4.99. The molecular formula is C25H28N6O. The number of amides is 1. The second-order valence-corrected chi connectivity index (χ2v) is 9.06. The van der Waals surface area contributed by atoms with Gasteiger partial charge in [-0.15, -0.1) is 0 Å². The first kappa shape index (κ1) is 20.5. The Kier molecular flexibility index (Phi) is 5.30. The molecule has 0 aliphatic carbocycles. The summed E-state index contributed by atoms with van der Waals surface area (Å²) in [7, 11) is 0. The van der Waals surface area contributed by atoms with Gasteiger partial charge < -0.3 is 9.80 Å². The number of anilines is 1. The first-order valence-electron chi connectivity index (χ1n) is 11.4. The van der Waals surface area contributed by atoms with Crippen LogP contribution in [0.5, 0.6) is 0 Å². The minimum absolute atomic E-state index is 0.0445. The van der Waals surface area contributed by atoms with Gasteiger partial charge >= 0.3 is 0 Å². The summed E-state index contributed by atoms with van der Waals surface area (Å²) in [6.07, 6.45) is 5.89. The number of nitrogens with zero attached hydrogens (tertiary/aromatic N) is 6. The third-order valence-electron chi connectivity index (χ3n) is 6.66. The number of aromatic nitrogens is 3. The molecule has 32 heavy (non-hydrogen) atoms.